The van der Waals surface area contributed by atoms with Crippen molar-refractivity contribution in [2.24, 2.45) is 0 Å². The third-order valence-corrected chi connectivity index (χ3v) is 6.20. The summed E-state index contributed by atoms with van der Waals surface area (Å²) < 4.78 is 28.2. The predicted octanol–water partition coefficient (Wildman–Crippen LogP) is 2.68. The van der Waals surface area contributed by atoms with Crippen molar-refractivity contribution in [3.05, 3.63) is 46.6 Å². The van der Waals surface area contributed by atoms with Gasteiger partial charge in [0.15, 0.2) is 36.2 Å². The van der Waals surface area contributed by atoms with E-state index in [9.17, 15) is 34.2 Å². The highest BCUT2D eigenvalue weighted by Gasteiger charge is 2.52. The second-order valence-corrected chi connectivity index (χ2v) is 9.72. The lowest BCUT2D eigenvalue weighted by atomic mass is 9.85. The van der Waals surface area contributed by atoms with E-state index in [1.54, 1.807) is 19.9 Å². The quantitative estimate of drug-likeness (QED) is 0.206. The van der Waals surface area contributed by atoms with Crippen LogP contribution in [0.1, 0.15) is 68.7 Å². The Morgan fingerprint density at radius 1 is 0.875 bits per heavy atom. The standard InChI is InChI=1S/C28H32O12/c1-12(2)7-10-21(17-11-20(34)22-18(32)8-9-19(33)23(22)24(17)35)40-28-27(39-16(6)31)26(38-15(5)30)25(13(3)36-28)37-14(4)29/h7-9,11,13,21,25-28,32-33H,10H2,1-6H3/t13-,21?,25-,26+,27+,28+/m0/s1. The van der Waals surface area contributed by atoms with Crippen molar-refractivity contribution in [3.8, 4) is 11.5 Å². The lowest BCUT2D eigenvalue weighted by Crippen LogP contribution is -2.61. The molecule has 0 aromatic heterocycles. The minimum absolute atomic E-state index is 0.0503. The summed E-state index contributed by atoms with van der Waals surface area (Å²) in [6.45, 7) is 8.53. The van der Waals surface area contributed by atoms with Crippen LogP contribution in [-0.2, 0) is 38.1 Å². The molecule has 1 aromatic rings. The molecule has 1 saturated heterocycles. The van der Waals surface area contributed by atoms with E-state index in [1.807, 2.05) is 0 Å². The number of ether oxygens (including phenoxy) is 5. The van der Waals surface area contributed by atoms with E-state index in [0.717, 1.165) is 44.6 Å². The molecule has 12 heteroatoms. The number of hydrogen-bond acceptors (Lipinski definition) is 12. The number of benzene rings is 1. The molecule has 1 heterocycles. The molecule has 1 fully saturated rings. The van der Waals surface area contributed by atoms with Gasteiger partial charge in [0.05, 0.1) is 23.3 Å². The SMILES string of the molecule is CC(=O)O[C@@H]1[C@@H](OC(C)=O)[C@H](C)O[C@H](OC(CC=C(C)C)C2=CC(=O)c3c(O)ccc(O)c3C2=O)[C@@H]1OC(C)=O. The predicted molar refractivity (Wildman–Crippen MR) is 136 cm³/mol. The topological polar surface area (TPSA) is 172 Å². The first-order valence-electron chi connectivity index (χ1n) is 12.5. The van der Waals surface area contributed by atoms with Crippen LogP contribution >= 0.6 is 0 Å². The van der Waals surface area contributed by atoms with Crippen molar-refractivity contribution in [3.63, 3.8) is 0 Å². The molecular formula is C28H32O12. The fourth-order valence-corrected chi connectivity index (χ4v) is 4.56. The second kappa shape index (κ2) is 12.4. The van der Waals surface area contributed by atoms with Crippen molar-refractivity contribution in [2.75, 3.05) is 0 Å². The zero-order valence-electron chi connectivity index (χ0n) is 23.0. The summed E-state index contributed by atoms with van der Waals surface area (Å²) in [5, 5.41) is 20.5. The third-order valence-electron chi connectivity index (χ3n) is 6.20. The van der Waals surface area contributed by atoms with Gasteiger partial charge in [-0.2, -0.15) is 0 Å². The fourth-order valence-electron chi connectivity index (χ4n) is 4.56. The van der Waals surface area contributed by atoms with E-state index in [4.69, 9.17) is 23.7 Å². The maximum absolute atomic E-state index is 13.5. The van der Waals surface area contributed by atoms with Gasteiger partial charge in [0.25, 0.3) is 0 Å². The lowest BCUT2D eigenvalue weighted by Gasteiger charge is -2.44. The molecule has 2 N–H and O–H groups in total. The molecule has 0 amide bonds. The van der Waals surface area contributed by atoms with Crippen molar-refractivity contribution >= 4 is 29.5 Å². The average Bonchev–Trinajstić information content (AvgIpc) is 2.84. The highest BCUT2D eigenvalue weighted by molar-refractivity contribution is 6.27. The van der Waals surface area contributed by atoms with Crippen LogP contribution in [0.3, 0.4) is 0 Å². The molecule has 1 aliphatic heterocycles. The van der Waals surface area contributed by atoms with Gasteiger partial charge in [0.2, 0.25) is 0 Å². The number of Topliss-reactive ketones (excluding diaryl/α,β-unsaturated/α-hetero) is 1. The van der Waals surface area contributed by atoms with Crippen LogP contribution in [0.4, 0.5) is 0 Å². The minimum Gasteiger partial charge on any atom is -0.507 e. The summed E-state index contributed by atoms with van der Waals surface area (Å²) >= 11 is 0. The first-order valence-corrected chi connectivity index (χ1v) is 12.5. The number of rotatable bonds is 8. The first-order chi connectivity index (χ1) is 18.7. The van der Waals surface area contributed by atoms with E-state index >= 15 is 0 Å². The minimum atomic E-state index is -1.45. The van der Waals surface area contributed by atoms with E-state index in [-0.39, 0.29) is 23.1 Å². The fraction of sp³-hybridized carbons (Fsp3) is 0.464. The van der Waals surface area contributed by atoms with Crippen LogP contribution in [0, 0.1) is 0 Å². The first kappa shape index (κ1) is 30.5. The molecule has 6 atom stereocenters. The zero-order valence-corrected chi connectivity index (χ0v) is 23.0. The summed E-state index contributed by atoms with van der Waals surface area (Å²) in [6, 6.07) is 2.20. The number of allylic oxidation sites excluding steroid dienone is 2. The molecule has 0 saturated carbocycles. The van der Waals surface area contributed by atoms with Crippen molar-refractivity contribution in [1.29, 1.82) is 0 Å². The maximum atomic E-state index is 13.5. The van der Waals surface area contributed by atoms with Gasteiger partial charge in [0.1, 0.15) is 11.5 Å². The van der Waals surface area contributed by atoms with E-state index in [0.29, 0.717) is 0 Å². The molecule has 1 aliphatic carbocycles. The highest BCUT2D eigenvalue weighted by atomic mass is 16.7. The van der Waals surface area contributed by atoms with Crippen molar-refractivity contribution in [2.45, 2.75) is 84.8 Å². The molecule has 40 heavy (non-hydrogen) atoms. The molecule has 3 rings (SSSR count). The summed E-state index contributed by atoms with van der Waals surface area (Å²) in [5.74, 6) is -4.70. The molecule has 0 spiro atoms. The van der Waals surface area contributed by atoms with Gasteiger partial charge < -0.3 is 33.9 Å². The van der Waals surface area contributed by atoms with Gasteiger partial charge in [0, 0.05) is 26.3 Å². The van der Waals surface area contributed by atoms with Crippen LogP contribution < -0.4 is 0 Å². The summed E-state index contributed by atoms with van der Waals surface area (Å²) in [5.41, 5.74) is -0.0172. The number of ketones is 2. The van der Waals surface area contributed by atoms with Crippen molar-refractivity contribution in [1.82, 2.24) is 0 Å². The number of esters is 3. The largest absolute Gasteiger partial charge is 0.507 e. The Morgan fingerprint density at radius 3 is 1.95 bits per heavy atom. The maximum Gasteiger partial charge on any atom is 0.303 e. The van der Waals surface area contributed by atoms with Crippen LogP contribution in [0.15, 0.2) is 35.4 Å². The van der Waals surface area contributed by atoms with Gasteiger partial charge in [-0.25, -0.2) is 0 Å². The van der Waals surface area contributed by atoms with Crippen molar-refractivity contribution < 1.29 is 57.9 Å². The number of carbonyl (C=O) groups is 5. The lowest BCUT2D eigenvalue weighted by molar-refractivity contribution is -0.306. The van der Waals surface area contributed by atoms with Gasteiger partial charge in [-0.05, 0) is 45.4 Å². The summed E-state index contributed by atoms with van der Waals surface area (Å²) in [7, 11) is 0. The number of aromatic hydroxyl groups is 2. The van der Waals surface area contributed by atoms with E-state index < -0.39 is 77.8 Å². The Kier molecular flexibility index (Phi) is 9.48. The highest BCUT2D eigenvalue weighted by Crippen LogP contribution is 2.38. The number of phenolic OH excluding ortho intramolecular Hbond substituents is 2. The van der Waals surface area contributed by atoms with Crippen LogP contribution in [0.25, 0.3) is 0 Å². The monoisotopic (exact) mass is 560 g/mol. The molecule has 2 aliphatic rings. The molecule has 1 unspecified atom stereocenters. The zero-order chi connectivity index (χ0) is 29.9. The smallest absolute Gasteiger partial charge is 0.303 e. The van der Waals surface area contributed by atoms with Gasteiger partial charge >= 0.3 is 17.9 Å². The normalized spacial score (nSPS) is 24.8. The third kappa shape index (κ3) is 6.75. The molecular weight excluding hydrogens is 528 g/mol. The summed E-state index contributed by atoms with van der Waals surface area (Å²) in [6.07, 6.45) is -4.69. The van der Waals surface area contributed by atoms with Gasteiger partial charge in [-0.15, -0.1) is 0 Å². The Labute approximate surface area is 230 Å². The van der Waals surface area contributed by atoms with Crippen LogP contribution in [-0.4, -0.2) is 76.5 Å². The van der Waals surface area contributed by atoms with Gasteiger partial charge in [-0.1, -0.05) is 11.6 Å². The average molecular weight is 561 g/mol. The van der Waals surface area contributed by atoms with E-state index in [1.165, 1.54) is 6.92 Å². The molecule has 0 bridgehead atoms. The number of hydrogen-bond donors (Lipinski definition) is 2. The Morgan fingerprint density at radius 2 is 1.40 bits per heavy atom. The van der Waals surface area contributed by atoms with Crippen LogP contribution in [0.5, 0.6) is 11.5 Å². The molecule has 1 aromatic carbocycles. The molecule has 216 valence electrons. The molecule has 12 nitrogen and oxygen atoms in total. The second-order valence-electron chi connectivity index (χ2n) is 9.72. The number of carbonyl (C=O) groups excluding carboxylic acids is 5. The molecule has 0 radical (unpaired) electrons. The Hall–Kier alpha value is -4.03. The summed E-state index contributed by atoms with van der Waals surface area (Å²) in [4.78, 5) is 62.3. The van der Waals surface area contributed by atoms with E-state index in [2.05, 4.69) is 0 Å². The number of fused-ring (bicyclic) bond motifs is 1. The number of phenols is 2. The Bertz CT molecular complexity index is 1270. The van der Waals surface area contributed by atoms with Crippen LogP contribution in [0.2, 0.25) is 0 Å². The Balaban J connectivity index is 2.07. The van der Waals surface area contributed by atoms with Gasteiger partial charge in [-0.3, -0.25) is 24.0 Å².